The Hall–Kier alpha value is -2.83. The quantitative estimate of drug-likeness (QED) is 0.228. The second-order valence-corrected chi connectivity index (χ2v) is 9.45. The highest BCUT2D eigenvalue weighted by Crippen LogP contribution is 2.31. The van der Waals surface area contributed by atoms with Crippen molar-refractivity contribution in [2.45, 2.75) is 19.8 Å². The van der Waals surface area contributed by atoms with Crippen LogP contribution in [0.3, 0.4) is 0 Å². The Balaban J connectivity index is 1.06. The van der Waals surface area contributed by atoms with Gasteiger partial charge >= 0.3 is 0 Å². The number of hydrogen-bond donors (Lipinski definition) is 0. The van der Waals surface area contributed by atoms with Gasteiger partial charge in [-0.25, -0.2) is 0 Å². The maximum atomic E-state index is 12.1. The number of rotatable bonds is 7. The summed E-state index contributed by atoms with van der Waals surface area (Å²) >= 11 is 1.82. The number of aryl methyl sites for hydroxylation is 1. The Morgan fingerprint density at radius 1 is 1.00 bits per heavy atom. The van der Waals surface area contributed by atoms with Crippen molar-refractivity contribution in [2.75, 3.05) is 44.2 Å². The third kappa shape index (κ3) is 4.38. The molecule has 5 nitrogen and oxygen atoms in total. The van der Waals surface area contributed by atoms with Gasteiger partial charge in [0.25, 0.3) is 0 Å². The number of benzene rings is 2. The Morgan fingerprint density at radius 3 is 2.75 bits per heavy atom. The highest BCUT2D eigenvalue weighted by Gasteiger charge is 2.18. The van der Waals surface area contributed by atoms with E-state index in [9.17, 15) is 5.21 Å². The van der Waals surface area contributed by atoms with Gasteiger partial charge in [0.05, 0.1) is 18.1 Å². The Kier molecular flexibility index (Phi) is 6.14. The van der Waals surface area contributed by atoms with Crippen LogP contribution in [0, 0.1) is 12.1 Å². The maximum Gasteiger partial charge on any atom is 0.227 e. The molecule has 0 unspecified atom stereocenters. The average molecular weight is 448 g/mol. The molecule has 2 aromatic carbocycles. The lowest BCUT2D eigenvalue weighted by atomic mass is 10.1. The van der Waals surface area contributed by atoms with Crippen LogP contribution in [0.15, 0.2) is 60.1 Å². The van der Waals surface area contributed by atoms with Gasteiger partial charge in [-0.2, -0.15) is 4.73 Å². The minimum atomic E-state index is 0.665. The normalized spacial score (nSPS) is 15.0. The second-order valence-electron chi connectivity index (χ2n) is 8.50. The van der Waals surface area contributed by atoms with Crippen molar-refractivity contribution in [1.82, 2.24) is 4.90 Å². The summed E-state index contributed by atoms with van der Waals surface area (Å²) in [7, 11) is 0. The molecule has 6 heteroatoms. The van der Waals surface area contributed by atoms with Gasteiger partial charge in [0, 0.05) is 48.0 Å². The van der Waals surface area contributed by atoms with Crippen LogP contribution >= 0.6 is 11.3 Å². The Labute approximate surface area is 193 Å². The van der Waals surface area contributed by atoms with Gasteiger partial charge in [-0.1, -0.05) is 6.07 Å². The number of thiophene rings is 1. The fourth-order valence-electron chi connectivity index (χ4n) is 4.56. The summed E-state index contributed by atoms with van der Waals surface area (Å²) in [5.41, 5.74) is 3.14. The van der Waals surface area contributed by atoms with E-state index < -0.39 is 0 Å². The molecule has 0 atom stereocenters. The summed E-state index contributed by atoms with van der Waals surface area (Å²) in [6.07, 6.45) is 3.69. The third-order valence-corrected chi connectivity index (χ3v) is 7.30. The molecular formula is C26H29N3O2S. The summed E-state index contributed by atoms with van der Waals surface area (Å²) in [6.45, 7) is 8.18. The SMILES string of the molecule is Cc1cc[n+]([O-])c2cc(OCCCCN3CCN(c4cccc5sccc45)CC3)ccc12. The lowest BCUT2D eigenvalue weighted by molar-refractivity contribution is -0.577. The monoisotopic (exact) mass is 447 g/mol. The fourth-order valence-corrected chi connectivity index (χ4v) is 5.37. The van der Waals surface area contributed by atoms with Crippen LogP contribution in [0.1, 0.15) is 18.4 Å². The average Bonchev–Trinajstić information content (AvgIpc) is 3.31. The van der Waals surface area contributed by atoms with Gasteiger partial charge in [-0.15, -0.1) is 11.3 Å². The van der Waals surface area contributed by atoms with Crippen LogP contribution in [-0.4, -0.2) is 44.2 Å². The molecule has 1 saturated heterocycles. The number of ether oxygens (including phenoxy) is 1. The molecule has 0 bridgehead atoms. The van der Waals surface area contributed by atoms with Crippen LogP contribution in [0.25, 0.3) is 21.0 Å². The maximum absolute atomic E-state index is 12.1. The van der Waals surface area contributed by atoms with Crippen molar-refractivity contribution < 1.29 is 9.47 Å². The number of aromatic nitrogens is 1. The number of anilines is 1. The van der Waals surface area contributed by atoms with E-state index in [4.69, 9.17) is 4.74 Å². The minimum Gasteiger partial charge on any atom is -0.618 e. The van der Waals surface area contributed by atoms with Gasteiger partial charge < -0.3 is 14.8 Å². The molecule has 0 spiro atoms. The van der Waals surface area contributed by atoms with Gasteiger partial charge in [0.2, 0.25) is 5.52 Å². The van der Waals surface area contributed by atoms with E-state index in [0.717, 1.165) is 67.0 Å². The summed E-state index contributed by atoms with van der Waals surface area (Å²) in [5, 5.41) is 16.6. The van der Waals surface area contributed by atoms with E-state index in [2.05, 4.69) is 39.4 Å². The Bertz CT molecular complexity index is 1210. The number of piperazine rings is 1. The molecule has 1 fully saturated rings. The topological polar surface area (TPSA) is 42.7 Å². The summed E-state index contributed by atoms with van der Waals surface area (Å²) in [4.78, 5) is 5.09. The molecular weight excluding hydrogens is 418 g/mol. The summed E-state index contributed by atoms with van der Waals surface area (Å²) in [6, 6.07) is 16.5. The van der Waals surface area contributed by atoms with Crippen molar-refractivity contribution in [3.8, 4) is 5.75 Å². The lowest BCUT2D eigenvalue weighted by Gasteiger charge is -2.36. The van der Waals surface area contributed by atoms with Gasteiger partial charge in [-0.3, -0.25) is 4.90 Å². The zero-order valence-corrected chi connectivity index (χ0v) is 19.3. The molecule has 0 N–H and O–H groups in total. The third-order valence-electron chi connectivity index (χ3n) is 6.41. The van der Waals surface area contributed by atoms with Crippen LogP contribution in [0.4, 0.5) is 5.69 Å². The van der Waals surface area contributed by atoms with Crippen LogP contribution < -0.4 is 14.4 Å². The fraction of sp³-hybridized carbons (Fsp3) is 0.346. The second kappa shape index (κ2) is 9.35. The largest absolute Gasteiger partial charge is 0.618 e. The van der Waals surface area contributed by atoms with Gasteiger partial charge in [0.1, 0.15) is 5.75 Å². The molecule has 1 aliphatic heterocycles. The number of unbranched alkanes of at least 4 members (excludes halogenated alkanes) is 1. The molecule has 5 rings (SSSR count). The van der Waals surface area contributed by atoms with Crippen molar-refractivity contribution in [2.24, 2.45) is 0 Å². The molecule has 1 aliphatic rings. The van der Waals surface area contributed by atoms with E-state index >= 15 is 0 Å². The van der Waals surface area contributed by atoms with Gasteiger partial charge in [-0.05, 0) is 67.6 Å². The molecule has 0 amide bonds. The molecule has 0 radical (unpaired) electrons. The first-order valence-corrected chi connectivity index (χ1v) is 12.3. The standard InChI is InChI=1S/C26H29N3O2S/c1-20-9-12-29(30)25-19-21(7-8-22(20)25)31-17-3-2-11-27-13-15-28(16-14-27)24-5-4-6-26-23(24)10-18-32-26/h4-10,12,18-19H,2-3,11,13-17H2,1H3. The summed E-state index contributed by atoms with van der Waals surface area (Å²) in [5.74, 6) is 0.768. The minimum absolute atomic E-state index is 0.665. The Morgan fingerprint density at radius 2 is 1.88 bits per heavy atom. The number of fused-ring (bicyclic) bond motifs is 2. The first-order chi connectivity index (χ1) is 15.7. The van der Waals surface area contributed by atoms with Crippen molar-refractivity contribution >= 4 is 38.0 Å². The van der Waals surface area contributed by atoms with Gasteiger partial charge in [0.15, 0.2) is 6.20 Å². The molecule has 2 aromatic heterocycles. The van der Waals surface area contributed by atoms with E-state index in [1.807, 2.05) is 42.5 Å². The number of nitrogens with zero attached hydrogens (tertiary/aromatic N) is 3. The van der Waals surface area contributed by atoms with Crippen molar-refractivity contribution in [1.29, 1.82) is 0 Å². The molecule has 0 saturated carbocycles. The van der Waals surface area contributed by atoms with E-state index in [0.29, 0.717) is 12.1 Å². The van der Waals surface area contributed by atoms with Crippen molar-refractivity contribution in [3.05, 3.63) is 70.9 Å². The smallest absolute Gasteiger partial charge is 0.227 e. The number of hydrogen-bond acceptors (Lipinski definition) is 5. The first kappa shape index (κ1) is 21.0. The van der Waals surface area contributed by atoms with Crippen LogP contribution in [-0.2, 0) is 0 Å². The highest BCUT2D eigenvalue weighted by atomic mass is 32.1. The molecule has 3 heterocycles. The molecule has 32 heavy (non-hydrogen) atoms. The predicted octanol–water partition coefficient (Wildman–Crippen LogP) is 4.98. The van der Waals surface area contributed by atoms with E-state index in [-0.39, 0.29) is 0 Å². The van der Waals surface area contributed by atoms with Crippen molar-refractivity contribution in [3.63, 3.8) is 0 Å². The molecule has 4 aromatic rings. The highest BCUT2D eigenvalue weighted by molar-refractivity contribution is 7.17. The van der Waals surface area contributed by atoms with Crippen LogP contribution in [0.2, 0.25) is 0 Å². The molecule has 166 valence electrons. The zero-order chi connectivity index (χ0) is 21.9. The zero-order valence-electron chi connectivity index (χ0n) is 18.5. The summed E-state index contributed by atoms with van der Waals surface area (Å²) < 4.78 is 8.21. The number of pyridine rings is 1. The lowest BCUT2D eigenvalue weighted by Crippen LogP contribution is -2.46. The van der Waals surface area contributed by atoms with Crippen LogP contribution in [0.5, 0.6) is 5.75 Å². The predicted molar refractivity (Wildman–Crippen MR) is 133 cm³/mol. The first-order valence-electron chi connectivity index (χ1n) is 11.4. The van der Waals surface area contributed by atoms with E-state index in [1.54, 1.807) is 6.20 Å². The van der Waals surface area contributed by atoms with E-state index in [1.165, 1.54) is 15.8 Å². The molecule has 0 aliphatic carbocycles.